The average molecular weight is 164 g/mol. The van der Waals surface area contributed by atoms with Gasteiger partial charge in [0.2, 0.25) is 0 Å². The normalized spacial score (nSPS) is 14.0. The minimum Gasteiger partial charge on any atom is -0.434 e. The molecule has 0 radical (unpaired) electrons. The van der Waals surface area contributed by atoms with Gasteiger partial charge in [-0.3, -0.25) is 0 Å². The van der Waals surface area contributed by atoms with Gasteiger partial charge in [-0.05, 0) is 26.2 Å². The largest absolute Gasteiger partial charge is 0.434 e. The first-order valence-electron chi connectivity index (χ1n) is 2.99. The van der Waals surface area contributed by atoms with Gasteiger partial charge in [-0.25, -0.2) is 0 Å². The van der Waals surface area contributed by atoms with Crippen LogP contribution in [0, 0.1) is 0 Å². The van der Waals surface area contributed by atoms with Crippen LogP contribution >= 0.6 is 0 Å². The van der Waals surface area contributed by atoms with Crippen molar-refractivity contribution in [2.45, 2.75) is 26.2 Å². The molecule has 3 nitrogen and oxygen atoms in total. The van der Waals surface area contributed by atoms with Crippen molar-refractivity contribution in [2.24, 2.45) is 10.8 Å². The summed E-state index contributed by atoms with van der Waals surface area (Å²) in [6, 6.07) is 0. The summed E-state index contributed by atoms with van der Waals surface area (Å²) in [5, 5.41) is 11.1. The molecule has 0 aromatic rings. The molecular formula is C4H16N2OSi2. The van der Waals surface area contributed by atoms with E-state index in [9.17, 15) is 0 Å². The fourth-order valence-electron chi connectivity index (χ4n) is 0.660. The fraction of sp³-hybridized carbons (Fsp3) is 1.00. The molecule has 0 aromatic carbocycles. The van der Waals surface area contributed by atoms with Crippen molar-refractivity contribution in [1.29, 1.82) is 0 Å². The minimum absolute atomic E-state index is 1.48. The Morgan fingerprint density at radius 2 is 1.33 bits per heavy atom. The van der Waals surface area contributed by atoms with Gasteiger partial charge in [-0.2, -0.15) is 0 Å². The topological polar surface area (TPSA) is 61.3 Å². The Hall–Kier alpha value is 0.314. The van der Waals surface area contributed by atoms with Crippen molar-refractivity contribution in [1.82, 2.24) is 0 Å². The van der Waals surface area contributed by atoms with E-state index in [0.717, 1.165) is 0 Å². The Bertz CT molecular complexity index is 81.7. The van der Waals surface area contributed by atoms with Gasteiger partial charge in [-0.15, -0.1) is 0 Å². The van der Waals surface area contributed by atoms with Crippen LogP contribution in [0.5, 0.6) is 0 Å². The summed E-state index contributed by atoms with van der Waals surface area (Å²) in [6.45, 7) is 8.04. The first-order chi connectivity index (χ1) is 3.71. The van der Waals surface area contributed by atoms with Gasteiger partial charge in [0.25, 0.3) is 0 Å². The van der Waals surface area contributed by atoms with E-state index in [2.05, 4.69) is 19.6 Å². The second-order valence-corrected chi connectivity index (χ2v) is 10.8. The molecule has 0 aliphatic heterocycles. The fourth-order valence-corrected chi connectivity index (χ4v) is 5.94. The SMILES string of the molecule is C[Si](C)(C)O[Si](C)(N)N. The van der Waals surface area contributed by atoms with Crippen molar-refractivity contribution < 1.29 is 4.12 Å². The highest BCUT2D eigenvalue weighted by Gasteiger charge is 2.26. The van der Waals surface area contributed by atoms with Crippen LogP contribution < -0.4 is 10.8 Å². The van der Waals surface area contributed by atoms with E-state index >= 15 is 0 Å². The quantitative estimate of drug-likeness (QED) is 0.578. The molecule has 0 fully saturated rings. The molecule has 0 aliphatic rings. The third-order valence-corrected chi connectivity index (χ3v) is 4.73. The molecule has 0 bridgehead atoms. The maximum Gasteiger partial charge on any atom is 0.332 e. The lowest BCUT2D eigenvalue weighted by Gasteiger charge is -2.26. The molecule has 0 spiro atoms. The Balaban J connectivity index is 3.75. The van der Waals surface area contributed by atoms with Crippen LogP contribution in [0.3, 0.4) is 0 Å². The van der Waals surface area contributed by atoms with Gasteiger partial charge in [-0.1, -0.05) is 0 Å². The molecule has 9 heavy (non-hydrogen) atoms. The zero-order chi connectivity index (χ0) is 7.71. The summed E-state index contributed by atoms with van der Waals surface area (Å²) in [4.78, 5) is 0. The maximum absolute atomic E-state index is 5.55. The first kappa shape index (κ1) is 9.31. The van der Waals surface area contributed by atoms with Crippen molar-refractivity contribution in [3.05, 3.63) is 0 Å². The summed E-state index contributed by atoms with van der Waals surface area (Å²) in [7, 11) is -3.71. The molecule has 0 unspecified atom stereocenters. The van der Waals surface area contributed by atoms with Crippen LogP contribution in [0.4, 0.5) is 0 Å². The molecule has 0 aromatic heterocycles. The molecule has 56 valence electrons. The Morgan fingerprint density at radius 1 is 1.00 bits per heavy atom. The third-order valence-electron chi connectivity index (χ3n) is 0.526. The van der Waals surface area contributed by atoms with Gasteiger partial charge in [0.15, 0.2) is 8.32 Å². The molecule has 0 aliphatic carbocycles. The summed E-state index contributed by atoms with van der Waals surface area (Å²) in [5.74, 6) is 0. The Morgan fingerprint density at radius 3 is 1.33 bits per heavy atom. The van der Waals surface area contributed by atoms with E-state index in [1.54, 1.807) is 6.55 Å². The van der Waals surface area contributed by atoms with Gasteiger partial charge in [0, 0.05) is 0 Å². The highest BCUT2D eigenvalue weighted by Crippen LogP contribution is 2.04. The standard InChI is InChI=1S/C4H16N2OSi2/c1-8(2,3)7-9(4,5)6/h5-6H2,1-4H3. The number of nitrogens with two attached hydrogens (primary N) is 2. The summed E-state index contributed by atoms with van der Waals surface area (Å²) < 4.78 is 5.46. The third kappa shape index (κ3) is 8.31. The number of rotatable bonds is 2. The second-order valence-electron chi connectivity index (χ2n) is 3.40. The predicted molar refractivity (Wildman–Crippen MR) is 44.4 cm³/mol. The molecule has 5 heteroatoms. The highest BCUT2D eigenvalue weighted by atomic mass is 28.4. The summed E-state index contributed by atoms with van der Waals surface area (Å²) >= 11 is 0. The van der Waals surface area contributed by atoms with E-state index in [0.29, 0.717) is 0 Å². The van der Waals surface area contributed by atoms with Crippen molar-refractivity contribution >= 4 is 17.0 Å². The van der Waals surface area contributed by atoms with E-state index in [4.69, 9.17) is 14.9 Å². The van der Waals surface area contributed by atoms with Gasteiger partial charge < -0.3 is 14.9 Å². The van der Waals surface area contributed by atoms with E-state index < -0.39 is 17.0 Å². The predicted octanol–water partition coefficient (Wildman–Crippen LogP) is 0.324. The van der Waals surface area contributed by atoms with Gasteiger partial charge >= 0.3 is 8.64 Å². The average Bonchev–Trinajstić information content (AvgIpc) is 1.14. The van der Waals surface area contributed by atoms with Crippen molar-refractivity contribution in [3.63, 3.8) is 0 Å². The molecule has 4 N–H and O–H groups in total. The zero-order valence-corrected chi connectivity index (χ0v) is 8.56. The zero-order valence-electron chi connectivity index (χ0n) is 6.56. The molecule has 0 atom stereocenters. The van der Waals surface area contributed by atoms with E-state index in [-0.39, 0.29) is 0 Å². The number of hydrogen-bond acceptors (Lipinski definition) is 3. The maximum atomic E-state index is 5.55. The van der Waals surface area contributed by atoms with Crippen molar-refractivity contribution in [3.8, 4) is 0 Å². The lowest BCUT2D eigenvalue weighted by atomic mass is 11.8. The molecule has 0 saturated carbocycles. The van der Waals surface area contributed by atoms with Crippen LogP contribution in [0.1, 0.15) is 0 Å². The monoisotopic (exact) mass is 164 g/mol. The second kappa shape index (κ2) is 2.51. The highest BCUT2D eigenvalue weighted by molar-refractivity contribution is 6.81. The molecule has 0 amide bonds. The van der Waals surface area contributed by atoms with Gasteiger partial charge in [0.05, 0.1) is 0 Å². The Kier molecular flexibility index (Phi) is 2.60. The van der Waals surface area contributed by atoms with Crippen LogP contribution in [0.25, 0.3) is 0 Å². The van der Waals surface area contributed by atoms with E-state index in [1.165, 1.54) is 0 Å². The summed E-state index contributed by atoms with van der Waals surface area (Å²) in [6.07, 6.45) is 0. The summed E-state index contributed by atoms with van der Waals surface area (Å²) in [5.41, 5.74) is 0. The molecule has 0 saturated heterocycles. The number of hydrogen-bond donors (Lipinski definition) is 2. The van der Waals surface area contributed by atoms with Crippen molar-refractivity contribution in [2.75, 3.05) is 0 Å². The van der Waals surface area contributed by atoms with E-state index in [1.807, 2.05) is 0 Å². The lowest BCUT2D eigenvalue weighted by molar-refractivity contribution is 0.545. The molecule has 0 heterocycles. The Labute approximate surface area is 58.8 Å². The van der Waals surface area contributed by atoms with Crippen LogP contribution in [0.15, 0.2) is 0 Å². The molecular weight excluding hydrogens is 148 g/mol. The lowest BCUT2D eigenvalue weighted by Crippen LogP contribution is -2.60. The van der Waals surface area contributed by atoms with Crippen LogP contribution in [-0.2, 0) is 4.12 Å². The smallest absolute Gasteiger partial charge is 0.332 e. The van der Waals surface area contributed by atoms with Gasteiger partial charge in [0.1, 0.15) is 0 Å². The van der Waals surface area contributed by atoms with Crippen LogP contribution in [-0.4, -0.2) is 17.0 Å². The first-order valence-corrected chi connectivity index (χ1v) is 8.96. The van der Waals surface area contributed by atoms with Crippen LogP contribution in [0.2, 0.25) is 26.2 Å². The molecule has 0 rings (SSSR count). The minimum atomic E-state index is -2.23.